The summed E-state index contributed by atoms with van der Waals surface area (Å²) >= 11 is 0. The number of pyridine rings is 1. The van der Waals surface area contributed by atoms with Gasteiger partial charge in [0.2, 0.25) is 11.7 Å². The molecular formula is C22H18F3N5O3. The van der Waals surface area contributed by atoms with Gasteiger partial charge in [0.05, 0.1) is 30.5 Å². The maximum absolute atomic E-state index is 13.1. The van der Waals surface area contributed by atoms with E-state index in [4.69, 9.17) is 0 Å². The molecule has 0 aliphatic carbocycles. The Hall–Kier alpha value is -3.86. The number of anilines is 2. The maximum atomic E-state index is 13.1. The minimum absolute atomic E-state index is 0.0389. The number of alkyl halides is 3. The Balaban J connectivity index is 1.70. The molecule has 1 atom stereocenters. The lowest BCUT2D eigenvalue weighted by Gasteiger charge is -2.28. The maximum Gasteiger partial charge on any atom is 0.416 e. The molecule has 0 radical (unpaired) electrons. The van der Waals surface area contributed by atoms with Crippen molar-refractivity contribution in [3.05, 3.63) is 65.5 Å². The highest BCUT2D eigenvalue weighted by Crippen LogP contribution is 2.32. The van der Waals surface area contributed by atoms with Crippen LogP contribution in [0.5, 0.6) is 0 Å². The summed E-state index contributed by atoms with van der Waals surface area (Å²) in [7, 11) is 0. The molecule has 2 aromatic heterocycles. The van der Waals surface area contributed by atoms with Crippen LogP contribution < -0.4 is 10.2 Å². The summed E-state index contributed by atoms with van der Waals surface area (Å²) in [4.78, 5) is 38.8. The Morgan fingerprint density at radius 2 is 1.94 bits per heavy atom. The number of aliphatic hydroxyl groups excluding tert-OH is 1. The molecule has 0 spiro atoms. The number of hydrogen-bond donors (Lipinski definition) is 2. The van der Waals surface area contributed by atoms with E-state index in [2.05, 4.69) is 20.3 Å². The molecule has 3 aromatic rings. The second kappa shape index (κ2) is 8.58. The Kier molecular flexibility index (Phi) is 5.81. The summed E-state index contributed by atoms with van der Waals surface area (Å²) in [6.07, 6.45) is -4.33. The van der Waals surface area contributed by atoms with E-state index in [1.165, 1.54) is 36.2 Å². The van der Waals surface area contributed by atoms with Crippen LogP contribution in [0, 0.1) is 0 Å². The number of nitrogens with zero attached hydrogens (tertiary/aromatic N) is 4. The highest BCUT2D eigenvalue weighted by Gasteiger charge is 2.32. The third-order valence-electron chi connectivity index (χ3n) is 4.96. The fraction of sp³-hybridized carbons (Fsp3) is 0.227. The number of aromatic nitrogens is 3. The van der Waals surface area contributed by atoms with Crippen molar-refractivity contribution >= 4 is 23.3 Å². The SMILES string of the molecule is CC(O)C(=O)c1cccc(-c2cnc3c(n2)N(Cc2cccc(C(F)(F)F)c2)C(=O)CN3)n1. The molecule has 4 rings (SSSR count). The van der Waals surface area contributed by atoms with Crippen LogP contribution in [0.2, 0.25) is 0 Å². The molecule has 11 heteroatoms. The first-order chi connectivity index (χ1) is 15.6. The molecule has 0 fully saturated rings. The van der Waals surface area contributed by atoms with Gasteiger partial charge in [-0.2, -0.15) is 13.2 Å². The van der Waals surface area contributed by atoms with Crippen molar-refractivity contribution in [2.24, 2.45) is 0 Å². The first kappa shape index (κ1) is 22.3. The van der Waals surface area contributed by atoms with Gasteiger partial charge in [-0.1, -0.05) is 18.2 Å². The molecule has 2 N–H and O–H groups in total. The number of hydrogen-bond acceptors (Lipinski definition) is 7. The predicted octanol–water partition coefficient (Wildman–Crippen LogP) is 3.08. The van der Waals surface area contributed by atoms with Crippen LogP contribution >= 0.6 is 0 Å². The quantitative estimate of drug-likeness (QED) is 0.567. The normalized spacial score (nSPS) is 14.5. The van der Waals surface area contributed by atoms with Crippen molar-refractivity contribution in [1.29, 1.82) is 0 Å². The summed E-state index contributed by atoms with van der Waals surface area (Å²) in [5.41, 5.74) is 0.0396. The summed E-state index contributed by atoms with van der Waals surface area (Å²) in [5.74, 6) is -0.528. The largest absolute Gasteiger partial charge is 0.416 e. The fourth-order valence-corrected chi connectivity index (χ4v) is 3.31. The van der Waals surface area contributed by atoms with E-state index in [-0.39, 0.29) is 41.6 Å². The van der Waals surface area contributed by atoms with Gasteiger partial charge >= 0.3 is 6.18 Å². The zero-order valence-electron chi connectivity index (χ0n) is 17.3. The molecule has 3 heterocycles. The molecule has 0 bridgehead atoms. The van der Waals surface area contributed by atoms with Gasteiger partial charge in [0.25, 0.3) is 0 Å². The molecule has 1 aliphatic heterocycles. The van der Waals surface area contributed by atoms with E-state index in [1.807, 2.05) is 0 Å². The molecule has 1 aromatic carbocycles. The lowest BCUT2D eigenvalue weighted by atomic mass is 10.1. The minimum atomic E-state index is -4.51. The van der Waals surface area contributed by atoms with Gasteiger partial charge in [-0.3, -0.25) is 14.5 Å². The number of aliphatic hydroxyl groups is 1. The second-order valence-corrected chi connectivity index (χ2v) is 7.41. The number of carbonyl (C=O) groups excluding carboxylic acids is 2. The lowest BCUT2D eigenvalue weighted by Crippen LogP contribution is -2.40. The third-order valence-corrected chi connectivity index (χ3v) is 4.96. The van der Waals surface area contributed by atoms with Crippen molar-refractivity contribution < 1.29 is 27.9 Å². The van der Waals surface area contributed by atoms with E-state index in [9.17, 15) is 27.9 Å². The van der Waals surface area contributed by atoms with Crippen LogP contribution in [0.1, 0.15) is 28.5 Å². The van der Waals surface area contributed by atoms with Crippen molar-refractivity contribution in [2.75, 3.05) is 16.8 Å². The number of benzene rings is 1. The molecule has 170 valence electrons. The van der Waals surface area contributed by atoms with Gasteiger partial charge in [-0.15, -0.1) is 0 Å². The monoisotopic (exact) mass is 457 g/mol. The molecule has 0 saturated carbocycles. The van der Waals surface area contributed by atoms with Crippen LogP contribution in [0.3, 0.4) is 0 Å². The summed E-state index contributed by atoms with van der Waals surface area (Å²) in [6.45, 7) is 1.11. The number of ketones is 1. The van der Waals surface area contributed by atoms with E-state index in [1.54, 1.807) is 12.1 Å². The number of nitrogens with one attached hydrogen (secondary N) is 1. The number of halogens is 3. The Morgan fingerprint density at radius 3 is 2.67 bits per heavy atom. The molecule has 0 saturated heterocycles. The van der Waals surface area contributed by atoms with Gasteiger partial charge in [0, 0.05) is 0 Å². The fourth-order valence-electron chi connectivity index (χ4n) is 3.31. The van der Waals surface area contributed by atoms with Crippen molar-refractivity contribution in [3.63, 3.8) is 0 Å². The number of carbonyl (C=O) groups is 2. The smallest absolute Gasteiger partial charge is 0.385 e. The van der Waals surface area contributed by atoms with Crippen LogP contribution in [0.4, 0.5) is 24.8 Å². The minimum Gasteiger partial charge on any atom is -0.385 e. The van der Waals surface area contributed by atoms with Crippen molar-refractivity contribution in [3.8, 4) is 11.4 Å². The zero-order valence-corrected chi connectivity index (χ0v) is 17.3. The van der Waals surface area contributed by atoms with Gasteiger partial charge in [-0.05, 0) is 36.8 Å². The highest BCUT2D eigenvalue weighted by molar-refractivity contribution is 6.01. The first-order valence-corrected chi connectivity index (χ1v) is 9.90. The third kappa shape index (κ3) is 4.67. The highest BCUT2D eigenvalue weighted by atomic mass is 19.4. The average molecular weight is 457 g/mol. The first-order valence-electron chi connectivity index (χ1n) is 9.90. The molecule has 8 nitrogen and oxygen atoms in total. The van der Waals surface area contributed by atoms with Gasteiger partial charge < -0.3 is 10.4 Å². The predicted molar refractivity (Wildman–Crippen MR) is 112 cm³/mol. The molecule has 1 aliphatic rings. The summed E-state index contributed by atoms with van der Waals surface area (Å²) in [5, 5.41) is 12.4. The van der Waals surface area contributed by atoms with Crippen LogP contribution in [-0.4, -0.2) is 44.4 Å². The summed E-state index contributed by atoms with van der Waals surface area (Å²) in [6, 6.07) is 9.33. The molecule has 1 amide bonds. The average Bonchev–Trinajstić information content (AvgIpc) is 2.80. The number of rotatable bonds is 5. The topological polar surface area (TPSA) is 108 Å². The molecular weight excluding hydrogens is 439 g/mol. The Morgan fingerprint density at radius 1 is 1.18 bits per heavy atom. The van der Waals surface area contributed by atoms with Crippen molar-refractivity contribution in [1.82, 2.24) is 15.0 Å². The van der Waals surface area contributed by atoms with Crippen LogP contribution in [-0.2, 0) is 17.5 Å². The Bertz CT molecular complexity index is 1230. The Labute approximate surface area is 186 Å². The number of fused-ring (bicyclic) bond motifs is 1. The van der Waals surface area contributed by atoms with E-state index >= 15 is 0 Å². The van der Waals surface area contributed by atoms with E-state index < -0.39 is 29.5 Å². The molecule has 33 heavy (non-hydrogen) atoms. The number of Topliss-reactive ketones (excluding diaryl/α,β-unsaturated/α-hetero) is 1. The van der Waals surface area contributed by atoms with Crippen molar-refractivity contribution in [2.45, 2.75) is 25.7 Å². The second-order valence-electron chi connectivity index (χ2n) is 7.41. The number of amides is 1. The molecule has 1 unspecified atom stereocenters. The lowest BCUT2D eigenvalue weighted by molar-refractivity contribution is -0.137. The van der Waals surface area contributed by atoms with E-state index in [0.717, 1.165) is 12.1 Å². The van der Waals surface area contributed by atoms with Gasteiger partial charge in [-0.25, -0.2) is 15.0 Å². The summed E-state index contributed by atoms with van der Waals surface area (Å²) < 4.78 is 39.2. The van der Waals surface area contributed by atoms with Gasteiger partial charge in [0.15, 0.2) is 11.6 Å². The zero-order chi connectivity index (χ0) is 23.8. The van der Waals surface area contributed by atoms with E-state index in [0.29, 0.717) is 5.82 Å². The van der Waals surface area contributed by atoms with Crippen LogP contribution in [0.25, 0.3) is 11.4 Å². The van der Waals surface area contributed by atoms with Crippen LogP contribution in [0.15, 0.2) is 48.7 Å². The van der Waals surface area contributed by atoms with Gasteiger partial charge in [0.1, 0.15) is 17.5 Å². The standard InChI is InChI=1S/C22H18F3N5O3/c1-12(31)19(33)16-7-3-6-15(28-16)17-9-26-20-21(29-17)30(18(32)10-27-20)11-13-4-2-5-14(8-13)22(23,24)25/h2-9,12,31H,10-11H2,1H3,(H,26,27).